The lowest BCUT2D eigenvalue weighted by Crippen LogP contribution is -2.43. The quantitative estimate of drug-likeness (QED) is 0.778. The van der Waals surface area contributed by atoms with Crippen molar-refractivity contribution >= 4 is 39.6 Å². The number of carbonyl (C=O) groups is 2. The molecule has 0 bridgehead atoms. The van der Waals surface area contributed by atoms with Crippen LogP contribution in [0.25, 0.3) is 0 Å². The highest BCUT2D eigenvalue weighted by Crippen LogP contribution is 2.26. The van der Waals surface area contributed by atoms with E-state index in [4.69, 9.17) is 5.11 Å². The van der Waals surface area contributed by atoms with Crippen LogP contribution in [0.5, 0.6) is 0 Å². The number of hydrogen-bond acceptors (Lipinski definition) is 3. The van der Waals surface area contributed by atoms with Gasteiger partial charge in [-0.25, -0.2) is 0 Å². The molecule has 2 rings (SSSR count). The number of benzene rings is 1. The van der Waals surface area contributed by atoms with E-state index < -0.39 is 5.97 Å². The number of carboxylic acids is 1. The fourth-order valence-corrected chi connectivity index (χ4v) is 3.59. The van der Waals surface area contributed by atoms with Crippen LogP contribution in [0.2, 0.25) is 0 Å². The van der Waals surface area contributed by atoms with Gasteiger partial charge in [0.15, 0.2) is 0 Å². The average molecular weight is 372 g/mol. The van der Waals surface area contributed by atoms with Crippen LogP contribution in [0.4, 0.5) is 0 Å². The zero-order valence-electron chi connectivity index (χ0n) is 11.6. The highest BCUT2D eigenvalue weighted by Gasteiger charge is 2.28. The predicted octanol–water partition coefficient (Wildman–Crippen LogP) is 3.40. The Hall–Kier alpha value is -1.01. The fraction of sp³-hybridized carbons (Fsp3) is 0.467. The lowest BCUT2D eigenvalue weighted by atomic mass is 10.2. The lowest BCUT2D eigenvalue weighted by Gasteiger charge is -2.27. The molecule has 0 radical (unpaired) electrons. The Morgan fingerprint density at radius 1 is 1.24 bits per heavy atom. The van der Waals surface area contributed by atoms with Crippen LogP contribution in [0.1, 0.15) is 25.7 Å². The summed E-state index contributed by atoms with van der Waals surface area (Å²) in [6, 6.07) is 7.84. The van der Waals surface area contributed by atoms with Crippen molar-refractivity contribution in [2.24, 2.45) is 0 Å². The first-order chi connectivity index (χ1) is 10.1. The van der Waals surface area contributed by atoms with Crippen molar-refractivity contribution in [3.05, 3.63) is 28.7 Å². The zero-order valence-corrected chi connectivity index (χ0v) is 14.0. The molecule has 4 nitrogen and oxygen atoms in total. The first kappa shape index (κ1) is 16.4. The third kappa shape index (κ3) is 5.04. The minimum Gasteiger partial charge on any atom is -0.480 e. The summed E-state index contributed by atoms with van der Waals surface area (Å²) in [6.45, 7) is -0.190. The molecule has 0 aromatic heterocycles. The number of hydrogen-bond donors (Lipinski definition) is 1. The van der Waals surface area contributed by atoms with E-state index in [-0.39, 0.29) is 24.2 Å². The summed E-state index contributed by atoms with van der Waals surface area (Å²) in [4.78, 5) is 25.9. The van der Waals surface area contributed by atoms with Crippen molar-refractivity contribution in [1.29, 1.82) is 0 Å². The van der Waals surface area contributed by atoms with E-state index in [1.165, 1.54) is 11.8 Å². The molecule has 1 aliphatic rings. The third-order valence-electron chi connectivity index (χ3n) is 3.57. The fourth-order valence-electron chi connectivity index (χ4n) is 2.54. The summed E-state index contributed by atoms with van der Waals surface area (Å²) in [6.07, 6.45) is 3.99. The van der Waals surface area contributed by atoms with Gasteiger partial charge in [0.05, 0.1) is 5.75 Å². The second kappa shape index (κ2) is 7.84. The Morgan fingerprint density at radius 3 is 2.43 bits per heavy atom. The summed E-state index contributed by atoms with van der Waals surface area (Å²) in [5.41, 5.74) is 0. The molecule has 0 aliphatic heterocycles. The number of thioether (sulfide) groups is 1. The molecule has 1 amide bonds. The molecule has 0 saturated heterocycles. The zero-order chi connectivity index (χ0) is 15.2. The molecule has 1 aliphatic carbocycles. The number of aliphatic carboxylic acids is 1. The van der Waals surface area contributed by atoms with E-state index in [2.05, 4.69) is 15.9 Å². The van der Waals surface area contributed by atoms with Gasteiger partial charge in [-0.15, -0.1) is 11.8 Å². The second-order valence-corrected chi connectivity index (χ2v) is 7.06. The summed E-state index contributed by atoms with van der Waals surface area (Å²) in [5.74, 6) is -0.744. The molecular weight excluding hydrogens is 354 g/mol. The molecule has 1 N–H and O–H groups in total. The van der Waals surface area contributed by atoms with E-state index in [0.717, 1.165) is 35.1 Å². The Balaban J connectivity index is 1.94. The first-order valence-corrected chi connectivity index (χ1v) is 8.74. The second-order valence-electron chi connectivity index (χ2n) is 5.10. The number of nitrogens with zero attached hydrogens (tertiary/aromatic N) is 1. The molecule has 0 spiro atoms. The van der Waals surface area contributed by atoms with Crippen LogP contribution in [0, 0.1) is 0 Å². The maximum absolute atomic E-state index is 12.3. The SMILES string of the molecule is O=C(O)CN(C(=O)CSc1ccc(Br)cc1)C1CCCC1. The number of carboxylic acid groups (broad SMARTS) is 1. The van der Waals surface area contributed by atoms with Crippen molar-refractivity contribution < 1.29 is 14.7 Å². The van der Waals surface area contributed by atoms with Gasteiger partial charge in [0.1, 0.15) is 6.54 Å². The highest BCUT2D eigenvalue weighted by molar-refractivity contribution is 9.10. The number of halogens is 1. The monoisotopic (exact) mass is 371 g/mol. The van der Waals surface area contributed by atoms with Gasteiger partial charge in [-0.2, -0.15) is 0 Å². The summed E-state index contributed by atoms with van der Waals surface area (Å²) < 4.78 is 0.997. The Labute approximate surface area is 137 Å². The smallest absolute Gasteiger partial charge is 0.323 e. The molecule has 21 heavy (non-hydrogen) atoms. The molecule has 114 valence electrons. The van der Waals surface area contributed by atoms with Crippen LogP contribution < -0.4 is 0 Å². The first-order valence-electron chi connectivity index (χ1n) is 6.96. The van der Waals surface area contributed by atoms with Gasteiger partial charge < -0.3 is 10.0 Å². The lowest BCUT2D eigenvalue weighted by molar-refractivity contribution is -0.145. The molecule has 0 unspecified atom stereocenters. The normalized spacial score (nSPS) is 15.1. The summed E-state index contributed by atoms with van der Waals surface area (Å²) in [5, 5.41) is 9.00. The van der Waals surface area contributed by atoms with Gasteiger partial charge in [0.25, 0.3) is 0 Å². The van der Waals surface area contributed by atoms with Crippen molar-refractivity contribution in [2.45, 2.75) is 36.6 Å². The Morgan fingerprint density at radius 2 is 1.86 bits per heavy atom. The topological polar surface area (TPSA) is 57.6 Å². The minimum absolute atomic E-state index is 0.0859. The maximum Gasteiger partial charge on any atom is 0.323 e. The van der Waals surface area contributed by atoms with Gasteiger partial charge >= 0.3 is 5.97 Å². The van der Waals surface area contributed by atoms with E-state index in [0.29, 0.717) is 0 Å². The van der Waals surface area contributed by atoms with Crippen molar-refractivity contribution in [1.82, 2.24) is 4.90 Å². The van der Waals surface area contributed by atoms with Crippen LogP contribution in [0.15, 0.2) is 33.6 Å². The van der Waals surface area contributed by atoms with Gasteiger partial charge in [-0.1, -0.05) is 28.8 Å². The molecule has 6 heteroatoms. The molecule has 1 saturated carbocycles. The molecule has 1 aromatic rings. The van der Waals surface area contributed by atoms with Gasteiger partial charge in [0.2, 0.25) is 5.91 Å². The maximum atomic E-state index is 12.3. The average Bonchev–Trinajstić information content (AvgIpc) is 2.97. The third-order valence-corrected chi connectivity index (χ3v) is 5.09. The van der Waals surface area contributed by atoms with Gasteiger partial charge in [0, 0.05) is 15.4 Å². The van der Waals surface area contributed by atoms with Crippen LogP contribution >= 0.6 is 27.7 Å². The largest absolute Gasteiger partial charge is 0.480 e. The van der Waals surface area contributed by atoms with Crippen LogP contribution in [-0.2, 0) is 9.59 Å². The minimum atomic E-state index is -0.941. The highest BCUT2D eigenvalue weighted by atomic mass is 79.9. The molecule has 0 atom stereocenters. The summed E-state index contributed by atoms with van der Waals surface area (Å²) >= 11 is 4.82. The van der Waals surface area contributed by atoms with Gasteiger partial charge in [-0.3, -0.25) is 9.59 Å². The van der Waals surface area contributed by atoms with E-state index in [1.54, 1.807) is 4.90 Å². The van der Waals surface area contributed by atoms with E-state index in [1.807, 2.05) is 24.3 Å². The van der Waals surface area contributed by atoms with Crippen LogP contribution in [0.3, 0.4) is 0 Å². The number of carbonyl (C=O) groups excluding carboxylic acids is 1. The number of amides is 1. The molecule has 1 aromatic carbocycles. The number of rotatable bonds is 6. The predicted molar refractivity (Wildman–Crippen MR) is 86.5 cm³/mol. The van der Waals surface area contributed by atoms with Crippen molar-refractivity contribution in [2.75, 3.05) is 12.3 Å². The van der Waals surface area contributed by atoms with E-state index in [9.17, 15) is 9.59 Å². The standard InChI is InChI=1S/C15H18BrNO3S/c16-11-5-7-13(8-6-11)21-10-14(18)17(9-15(19)20)12-3-1-2-4-12/h5-8,12H,1-4,9-10H2,(H,19,20). The Bertz CT molecular complexity index is 500. The van der Waals surface area contributed by atoms with E-state index >= 15 is 0 Å². The Kier molecular flexibility index (Phi) is 6.11. The van der Waals surface area contributed by atoms with Gasteiger partial charge in [-0.05, 0) is 37.1 Å². The van der Waals surface area contributed by atoms with Crippen molar-refractivity contribution in [3.8, 4) is 0 Å². The van der Waals surface area contributed by atoms with Crippen LogP contribution in [-0.4, -0.2) is 40.2 Å². The summed E-state index contributed by atoms with van der Waals surface area (Å²) in [7, 11) is 0. The molecule has 0 heterocycles. The van der Waals surface area contributed by atoms with Crippen molar-refractivity contribution in [3.63, 3.8) is 0 Å². The molecule has 1 fully saturated rings. The molecular formula is C15H18BrNO3S.